The third kappa shape index (κ3) is 11.9. The second kappa shape index (κ2) is 17.9. The largest absolute Gasteiger partial charge is 0.392 e. The third-order valence-corrected chi connectivity index (χ3v) is 7.10. The van der Waals surface area contributed by atoms with Crippen LogP contribution in [-0.4, -0.2) is 70.7 Å². The van der Waals surface area contributed by atoms with E-state index in [2.05, 4.69) is 20.9 Å². The molecule has 0 saturated heterocycles. The highest BCUT2D eigenvalue weighted by atomic mass is 16.3. The van der Waals surface area contributed by atoms with E-state index in [4.69, 9.17) is 11.5 Å². The van der Waals surface area contributed by atoms with E-state index in [1.165, 1.54) is 12.2 Å². The average Bonchev–Trinajstić information content (AvgIpc) is 3.35. The van der Waals surface area contributed by atoms with Gasteiger partial charge < -0.3 is 32.5 Å². The molecule has 13 heteroatoms. The Morgan fingerprint density at radius 2 is 1.49 bits per heavy atom. The molecule has 8 N–H and O–H groups in total. The Balaban J connectivity index is 1.63. The first-order chi connectivity index (χ1) is 21.7. The maximum absolute atomic E-state index is 13.6. The Morgan fingerprint density at radius 3 is 2.13 bits per heavy atom. The Morgan fingerprint density at radius 1 is 0.800 bits per heavy atom. The quantitative estimate of drug-likeness (QED) is 0.0609. The average molecular weight is 620 g/mol. The predicted octanol–water partition coefficient (Wildman–Crippen LogP) is 0.869. The van der Waals surface area contributed by atoms with Gasteiger partial charge in [-0.15, -0.1) is 0 Å². The number of hydrogen-bond acceptors (Lipinski definition) is 7. The van der Waals surface area contributed by atoms with Gasteiger partial charge in [0.05, 0.1) is 6.61 Å². The molecule has 240 valence electrons. The van der Waals surface area contributed by atoms with Crippen LogP contribution >= 0.6 is 0 Å². The standard InChI is InChI=1S/C32H41N7O6/c33-32(34)35-18-7-10-25(30(44)36-24-14-12-23(21-40)13-15-24)38-31(45)26(20-22-8-3-1-4-9-22)37-27(41)11-5-2-6-19-39-28(42)16-17-29(39)43/h1,3-4,8-9,12-17,25-26,40H,2,5-7,10-11,18-21H2,(H,36,44)(H,37,41)(H,38,45)(H4,33,34,35)/t25-,26-/m0/s1. The van der Waals surface area contributed by atoms with Gasteiger partial charge in [0.1, 0.15) is 12.1 Å². The molecule has 0 aromatic heterocycles. The number of aliphatic hydroxyl groups is 1. The molecule has 0 bridgehead atoms. The molecule has 0 radical (unpaired) electrons. The molecule has 2 atom stereocenters. The van der Waals surface area contributed by atoms with Gasteiger partial charge in [0, 0.05) is 43.8 Å². The third-order valence-electron chi connectivity index (χ3n) is 7.10. The molecular weight excluding hydrogens is 578 g/mol. The van der Waals surface area contributed by atoms with Gasteiger partial charge in [-0.2, -0.15) is 0 Å². The minimum atomic E-state index is -0.956. The first kappa shape index (κ1) is 34.5. The van der Waals surface area contributed by atoms with Crippen LogP contribution in [0.15, 0.2) is 71.7 Å². The monoisotopic (exact) mass is 619 g/mol. The van der Waals surface area contributed by atoms with E-state index in [9.17, 15) is 29.1 Å². The van der Waals surface area contributed by atoms with E-state index in [0.29, 0.717) is 36.9 Å². The molecule has 0 saturated carbocycles. The lowest BCUT2D eigenvalue weighted by molar-refractivity contribution is -0.137. The molecule has 1 heterocycles. The van der Waals surface area contributed by atoms with Crippen molar-refractivity contribution in [1.82, 2.24) is 15.5 Å². The second-order valence-electron chi connectivity index (χ2n) is 10.6. The summed E-state index contributed by atoms with van der Waals surface area (Å²) in [6.07, 6.45) is 5.12. The number of unbranched alkanes of at least 4 members (excludes halogenated alkanes) is 2. The number of nitrogens with zero attached hydrogens (tertiary/aromatic N) is 2. The first-order valence-corrected chi connectivity index (χ1v) is 14.9. The molecule has 45 heavy (non-hydrogen) atoms. The smallest absolute Gasteiger partial charge is 0.253 e. The van der Waals surface area contributed by atoms with E-state index < -0.39 is 23.9 Å². The van der Waals surface area contributed by atoms with Crippen molar-refractivity contribution in [2.45, 2.75) is 63.6 Å². The molecule has 0 fully saturated rings. The van der Waals surface area contributed by atoms with Crippen LogP contribution in [0.5, 0.6) is 0 Å². The molecule has 0 spiro atoms. The van der Waals surface area contributed by atoms with Crippen molar-refractivity contribution in [1.29, 1.82) is 0 Å². The van der Waals surface area contributed by atoms with Crippen LogP contribution < -0.4 is 27.4 Å². The number of guanidine groups is 1. The number of carbonyl (C=O) groups is 5. The number of hydrogen-bond donors (Lipinski definition) is 6. The van der Waals surface area contributed by atoms with Gasteiger partial charge in [-0.25, -0.2) is 0 Å². The zero-order valence-corrected chi connectivity index (χ0v) is 25.1. The van der Waals surface area contributed by atoms with Gasteiger partial charge in [-0.1, -0.05) is 48.9 Å². The number of amides is 5. The Bertz CT molecular complexity index is 1360. The predicted molar refractivity (Wildman–Crippen MR) is 169 cm³/mol. The number of carbonyl (C=O) groups excluding carboxylic acids is 5. The highest BCUT2D eigenvalue weighted by Gasteiger charge is 2.27. The second-order valence-corrected chi connectivity index (χ2v) is 10.6. The van der Waals surface area contributed by atoms with Crippen LogP contribution in [0.2, 0.25) is 0 Å². The molecule has 3 rings (SSSR count). The summed E-state index contributed by atoms with van der Waals surface area (Å²) in [4.78, 5) is 68.3. The lowest BCUT2D eigenvalue weighted by Crippen LogP contribution is -2.53. The molecule has 13 nitrogen and oxygen atoms in total. The highest BCUT2D eigenvalue weighted by Crippen LogP contribution is 2.13. The van der Waals surface area contributed by atoms with Crippen molar-refractivity contribution in [2.24, 2.45) is 16.5 Å². The SMILES string of the molecule is NC(N)=NCCC[C@H](NC(=O)[C@H](Cc1ccccc1)NC(=O)CCCCCN1C(=O)C=CC1=O)C(=O)Nc1ccc(CO)cc1. The van der Waals surface area contributed by atoms with Crippen LogP contribution in [0.3, 0.4) is 0 Å². The maximum atomic E-state index is 13.6. The fourth-order valence-corrected chi connectivity index (χ4v) is 4.68. The number of anilines is 1. The van der Waals surface area contributed by atoms with Crippen LogP contribution in [-0.2, 0) is 37.0 Å². The van der Waals surface area contributed by atoms with Gasteiger partial charge in [-0.05, 0) is 48.9 Å². The van der Waals surface area contributed by atoms with Crippen LogP contribution in [0.25, 0.3) is 0 Å². The summed E-state index contributed by atoms with van der Waals surface area (Å²) in [5.74, 6) is -2.07. The number of rotatable bonds is 18. The molecule has 1 aliphatic heterocycles. The summed E-state index contributed by atoms with van der Waals surface area (Å²) >= 11 is 0. The maximum Gasteiger partial charge on any atom is 0.253 e. The molecule has 1 aliphatic rings. The van der Waals surface area contributed by atoms with Crippen molar-refractivity contribution < 1.29 is 29.1 Å². The number of imide groups is 1. The van der Waals surface area contributed by atoms with Gasteiger partial charge in [-0.3, -0.25) is 33.9 Å². The Kier molecular flexibility index (Phi) is 13.7. The zero-order valence-electron chi connectivity index (χ0n) is 25.1. The number of nitrogens with one attached hydrogen (secondary N) is 3. The zero-order chi connectivity index (χ0) is 32.6. The number of nitrogens with two attached hydrogens (primary N) is 2. The van der Waals surface area contributed by atoms with E-state index >= 15 is 0 Å². The van der Waals surface area contributed by atoms with Gasteiger partial charge >= 0.3 is 0 Å². The summed E-state index contributed by atoms with van der Waals surface area (Å²) in [5.41, 5.74) is 12.8. The molecule has 2 aromatic carbocycles. The number of aliphatic hydroxyl groups excluding tert-OH is 1. The fourth-order valence-electron chi connectivity index (χ4n) is 4.68. The van der Waals surface area contributed by atoms with E-state index in [1.54, 1.807) is 24.3 Å². The van der Waals surface area contributed by atoms with E-state index in [0.717, 1.165) is 10.5 Å². The lowest BCUT2D eigenvalue weighted by Gasteiger charge is -2.23. The van der Waals surface area contributed by atoms with Crippen molar-refractivity contribution in [2.75, 3.05) is 18.4 Å². The summed E-state index contributed by atoms with van der Waals surface area (Å²) in [5, 5.41) is 17.7. The van der Waals surface area contributed by atoms with Gasteiger partial charge in [0.15, 0.2) is 5.96 Å². The Labute approximate surface area is 262 Å². The van der Waals surface area contributed by atoms with Crippen LogP contribution in [0.4, 0.5) is 5.69 Å². The molecule has 5 amide bonds. The van der Waals surface area contributed by atoms with E-state index in [1.807, 2.05) is 30.3 Å². The highest BCUT2D eigenvalue weighted by molar-refractivity contribution is 6.12. The van der Waals surface area contributed by atoms with Gasteiger partial charge in [0.25, 0.3) is 11.8 Å². The summed E-state index contributed by atoms with van der Waals surface area (Å²) in [6, 6.07) is 13.9. The van der Waals surface area contributed by atoms with E-state index in [-0.39, 0.29) is 62.6 Å². The van der Waals surface area contributed by atoms with Crippen molar-refractivity contribution in [3.8, 4) is 0 Å². The molecule has 0 unspecified atom stereocenters. The van der Waals surface area contributed by atoms with Crippen molar-refractivity contribution in [3.05, 3.63) is 77.9 Å². The first-order valence-electron chi connectivity index (χ1n) is 14.9. The van der Waals surface area contributed by atoms with Crippen molar-refractivity contribution in [3.63, 3.8) is 0 Å². The molecule has 2 aromatic rings. The van der Waals surface area contributed by atoms with Gasteiger partial charge in [0.2, 0.25) is 17.7 Å². The number of aliphatic imine (C=N–C) groups is 1. The summed E-state index contributed by atoms with van der Waals surface area (Å²) in [7, 11) is 0. The van der Waals surface area contributed by atoms with Crippen LogP contribution in [0, 0.1) is 0 Å². The fraction of sp³-hybridized carbons (Fsp3) is 0.375. The minimum absolute atomic E-state index is 0.0790. The Hall–Kier alpha value is -5.04. The topological polar surface area (TPSA) is 209 Å². The number of benzene rings is 2. The summed E-state index contributed by atoms with van der Waals surface area (Å²) < 4.78 is 0. The lowest BCUT2D eigenvalue weighted by atomic mass is 10.0. The molecule has 0 aliphatic carbocycles. The summed E-state index contributed by atoms with van der Waals surface area (Å²) in [6.45, 7) is 0.405. The minimum Gasteiger partial charge on any atom is -0.392 e. The van der Waals surface area contributed by atoms with Crippen molar-refractivity contribution >= 4 is 41.2 Å². The molecular formula is C32H41N7O6. The normalized spacial score (nSPS) is 13.7. The van der Waals surface area contributed by atoms with Crippen LogP contribution in [0.1, 0.15) is 49.7 Å².